The van der Waals surface area contributed by atoms with Crippen LogP contribution < -0.4 is 10.6 Å². The lowest BCUT2D eigenvalue weighted by Crippen LogP contribution is -2.52. The number of hydrogen-bond acceptors (Lipinski definition) is 3. The van der Waals surface area contributed by atoms with Crippen molar-refractivity contribution in [3.05, 3.63) is 29.8 Å². The maximum Gasteiger partial charge on any atom is 0.329 e. The van der Waals surface area contributed by atoms with Crippen molar-refractivity contribution in [3.63, 3.8) is 0 Å². The van der Waals surface area contributed by atoms with E-state index in [-0.39, 0.29) is 6.03 Å². The number of urea groups is 1. The van der Waals surface area contributed by atoms with E-state index in [1.54, 1.807) is 6.92 Å². The van der Waals surface area contributed by atoms with E-state index in [1.807, 2.05) is 31.3 Å². The Kier molecular flexibility index (Phi) is 4.47. The molecule has 0 aliphatic carbocycles. The van der Waals surface area contributed by atoms with Gasteiger partial charge in [-0.2, -0.15) is 0 Å². The monoisotopic (exact) mass is 291 g/mol. The molecular formula is C15H21N3O3. The Hall–Kier alpha value is -2.08. The molecule has 1 fully saturated rings. The van der Waals surface area contributed by atoms with E-state index in [2.05, 4.69) is 10.6 Å². The van der Waals surface area contributed by atoms with E-state index in [9.17, 15) is 14.7 Å². The number of carboxylic acid groups (broad SMARTS) is 1. The SMILES string of the molecule is CNCc1ccccc1NC(=O)N1CCCC1(C)C(=O)O. The fourth-order valence-corrected chi connectivity index (χ4v) is 2.68. The van der Waals surface area contributed by atoms with Crippen LogP contribution in [0.2, 0.25) is 0 Å². The van der Waals surface area contributed by atoms with Crippen LogP contribution in [0.5, 0.6) is 0 Å². The summed E-state index contributed by atoms with van der Waals surface area (Å²) in [4.78, 5) is 25.3. The fraction of sp³-hybridized carbons (Fsp3) is 0.467. The number of carbonyl (C=O) groups excluding carboxylic acids is 1. The van der Waals surface area contributed by atoms with Gasteiger partial charge in [0.2, 0.25) is 0 Å². The summed E-state index contributed by atoms with van der Waals surface area (Å²) in [6.45, 7) is 2.69. The molecule has 3 N–H and O–H groups in total. The third kappa shape index (κ3) is 3.00. The van der Waals surface area contributed by atoms with E-state index in [4.69, 9.17) is 0 Å². The van der Waals surface area contributed by atoms with Crippen molar-refractivity contribution in [2.45, 2.75) is 31.8 Å². The molecule has 2 amide bonds. The van der Waals surface area contributed by atoms with Gasteiger partial charge in [0.1, 0.15) is 5.54 Å². The average Bonchev–Trinajstić information content (AvgIpc) is 2.85. The highest BCUT2D eigenvalue weighted by Gasteiger charge is 2.46. The molecule has 21 heavy (non-hydrogen) atoms. The van der Waals surface area contributed by atoms with Crippen LogP contribution in [0.4, 0.5) is 10.5 Å². The number of benzene rings is 1. The summed E-state index contributed by atoms with van der Waals surface area (Å²) in [5.74, 6) is -0.960. The minimum Gasteiger partial charge on any atom is -0.480 e. The molecule has 114 valence electrons. The molecule has 1 saturated heterocycles. The Balaban J connectivity index is 2.17. The number of para-hydroxylation sites is 1. The van der Waals surface area contributed by atoms with Gasteiger partial charge in [-0.25, -0.2) is 9.59 Å². The van der Waals surface area contributed by atoms with Crippen molar-refractivity contribution in [2.24, 2.45) is 0 Å². The van der Waals surface area contributed by atoms with E-state index < -0.39 is 11.5 Å². The van der Waals surface area contributed by atoms with Gasteiger partial charge in [0.25, 0.3) is 0 Å². The molecule has 0 saturated carbocycles. The second-order valence-corrected chi connectivity index (χ2v) is 5.45. The second kappa shape index (κ2) is 6.13. The standard InChI is InChI=1S/C15H21N3O3/c1-15(13(19)20)8-5-9-18(15)14(21)17-12-7-4-3-6-11(12)10-16-2/h3-4,6-7,16H,5,8-10H2,1-2H3,(H,17,21)(H,19,20). The van der Waals surface area contributed by atoms with Crippen LogP contribution >= 0.6 is 0 Å². The molecule has 0 radical (unpaired) electrons. The zero-order valence-corrected chi connectivity index (χ0v) is 12.3. The smallest absolute Gasteiger partial charge is 0.329 e. The number of likely N-dealkylation sites (tertiary alicyclic amines) is 1. The number of aliphatic carboxylic acids is 1. The number of nitrogens with zero attached hydrogens (tertiary/aromatic N) is 1. The molecule has 1 aliphatic heterocycles. The molecule has 0 bridgehead atoms. The number of carboxylic acids is 1. The van der Waals surface area contributed by atoms with Gasteiger partial charge in [-0.3, -0.25) is 0 Å². The van der Waals surface area contributed by atoms with E-state index >= 15 is 0 Å². The van der Waals surface area contributed by atoms with Crippen molar-refractivity contribution in [1.82, 2.24) is 10.2 Å². The highest BCUT2D eigenvalue weighted by molar-refractivity contribution is 5.94. The van der Waals surface area contributed by atoms with Crippen molar-refractivity contribution >= 4 is 17.7 Å². The summed E-state index contributed by atoms with van der Waals surface area (Å²) >= 11 is 0. The average molecular weight is 291 g/mol. The van der Waals surface area contributed by atoms with Crippen LogP contribution in [0.15, 0.2) is 24.3 Å². The van der Waals surface area contributed by atoms with Gasteiger partial charge in [-0.1, -0.05) is 18.2 Å². The Morgan fingerprint density at radius 3 is 2.76 bits per heavy atom. The van der Waals surface area contributed by atoms with Gasteiger partial charge in [-0.15, -0.1) is 0 Å². The predicted molar refractivity (Wildman–Crippen MR) is 80.2 cm³/mol. The number of anilines is 1. The minimum atomic E-state index is -1.12. The lowest BCUT2D eigenvalue weighted by atomic mass is 10.00. The number of amides is 2. The van der Waals surface area contributed by atoms with Crippen LogP contribution in [0.25, 0.3) is 0 Å². The zero-order valence-electron chi connectivity index (χ0n) is 12.3. The maximum absolute atomic E-state index is 12.4. The minimum absolute atomic E-state index is 0.360. The summed E-state index contributed by atoms with van der Waals surface area (Å²) in [6.07, 6.45) is 1.18. The van der Waals surface area contributed by atoms with E-state index in [0.29, 0.717) is 31.6 Å². The predicted octanol–water partition coefficient (Wildman–Crippen LogP) is 1.88. The van der Waals surface area contributed by atoms with Gasteiger partial charge in [-0.05, 0) is 38.4 Å². The first-order valence-corrected chi connectivity index (χ1v) is 7.03. The lowest BCUT2D eigenvalue weighted by molar-refractivity contribution is -0.146. The summed E-state index contributed by atoms with van der Waals surface area (Å²) in [7, 11) is 1.83. The van der Waals surface area contributed by atoms with Crippen molar-refractivity contribution in [2.75, 3.05) is 18.9 Å². The fourth-order valence-electron chi connectivity index (χ4n) is 2.68. The van der Waals surface area contributed by atoms with Crippen LogP contribution in [0, 0.1) is 0 Å². The molecule has 1 unspecified atom stereocenters. The lowest BCUT2D eigenvalue weighted by Gasteiger charge is -2.31. The van der Waals surface area contributed by atoms with E-state index in [0.717, 1.165) is 5.56 Å². The number of nitrogens with one attached hydrogen (secondary N) is 2. The van der Waals surface area contributed by atoms with Crippen molar-refractivity contribution in [1.29, 1.82) is 0 Å². The van der Waals surface area contributed by atoms with Gasteiger partial charge >= 0.3 is 12.0 Å². The highest BCUT2D eigenvalue weighted by atomic mass is 16.4. The number of carbonyl (C=O) groups is 2. The van der Waals surface area contributed by atoms with Crippen molar-refractivity contribution < 1.29 is 14.7 Å². The van der Waals surface area contributed by atoms with Gasteiger partial charge in [0.15, 0.2) is 0 Å². The molecule has 6 nitrogen and oxygen atoms in total. The summed E-state index contributed by atoms with van der Waals surface area (Å²) in [5.41, 5.74) is 0.545. The molecule has 2 rings (SSSR count). The summed E-state index contributed by atoms with van der Waals surface area (Å²) in [5, 5.41) is 15.2. The Morgan fingerprint density at radius 1 is 1.38 bits per heavy atom. The van der Waals surface area contributed by atoms with Gasteiger partial charge in [0.05, 0.1) is 0 Å². The summed E-state index contributed by atoms with van der Waals surface area (Å²) < 4.78 is 0. The first-order valence-electron chi connectivity index (χ1n) is 7.03. The molecular weight excluding hydrogens is 270 g/mol. The van der Waals surface area contributed by atoms with Crippen LogP contribution in [-0.2, 0) is 11.3 Å². The molecule has 1 aromatic rings. The first kappa shape index (κ1) is 15.3. The molecule has 1 heterocycles. The Labute approximate surface area is 124 Å². The number of hydrogen-bond donors (Lipinski definition) is 3. The Bertz CT molecular complexity index is 547. The normalized spacial score (nSPS) is 21.3. The molecule has 6 heteroatoms. The summed E-state index contributed by atoms with van der Waals surface area (Å²) in [6, 6.07) is 7.13. The van der Waals surface area contributed by atoms with E-state index in [1.165, 1.54) is 4.90 Å². The molecule has 1 atom stereocenters. The molecule has 0 spiro atoms. The highest BCUT2D eigenvalue weighted by Crippen LogP contribution is 2.30. The molecule has 1 aromatic carbocycles. The second-order valence-electron chi connectivity index (χ2n) is 5.45. The van der Waals surface area contributed by atoms with Gasteiger partial charge < -0.3 is 20.6 Å². The van der Waals surface area contributed by atoms with Crippen LogP contribution in [0.1, 0.15) is 25.3 Å². The quantitative estimate of drug-likeness (QED) is 0.791. The van der Waals surface area contributed by atoms with Crippen LogP contribution in [0.3, 0.4) is 0 Å². The maximum atomic E-state index is 12.4. The first-order chi connectivity index (χ1) is 9.99. The van der Waals surface area contributed by atoms with Crippen molar-refractivity contribution in [3.8, 4) is 0 Å². The molecule has 0 aromatic heterocycles. The van der Waals surface area contributed by atoms with Crippen LogP contribution in [-0.4, -0.2) is 41.1 Å². The van der Waals surface area contributed by atoms with Gasteiger partial charge in [0, 0.05) is 18.8 Å². The third-order valence-electron chi connectivity index (χ3n) is 3.97. The largest absolute Gasteiger partial charge is 0.480 e. The number of rotatable bonds is 4. The molecule has 1 aliphatic rings. The topological polar surface area (TPSA) is 81.7 Å². The third-order valence-corrected chi connectivity index (χ3v) is 3.97. The Morgan fingerprint density at radius 2 is 2.10 bits per heavy atom. The zero-order chi connectivity index (χ0) is 15.5.